The van der Waals surface area contributed by atoms with Crippen molar-refractivity contribution in [2.45, 2.75) is 58.9 Å². The van der Waals surface area contributed by atoms with Crippen molar-refractivity contribution in [1.82, 2.24) is 5.32 Å². The lowest BCUT2D eigenvalue weighted by molar-refractivity contribution is 0.0904. The van der Waals surface area contributed by atoms with E-state index in [0.29, 0.717) is 23.6 Å². The first-order chi connectivity index (χ1) is 13.4. The van der Waals surface area contributed by atoms with Gasteiger partial charge in [0.1, 0.15) is 5.75 Å². The van der Waals surface area contributed by atoms with Crippen molar-refractivity contribution in [2.75, 3.05) is 6.61 Å². The van der Waals surface area contributed by atoms with Gasteiger partial charge in [-0.3, -0.25) is 4.79 Å². The van der Waals surface area contributed by atoms with E-state index >= 15 is 0 Å². The van der Waals surface area contributed by atoms with Gasteiger partial charge in [-0.05, 0) is 66.8 Å². The monoisotopic (exact) mass is 379 g/mol. The first-order valence-corrected chi connectivity index (χ1v) is 10.5. The minimum atomic E-state index is 0.0232. The van der Waals surface area contributed by atoms with Crippen molar-refractivity contribution in [1.29, 1.82) is 0 Å². The molecule has 3 heteroatoms. The zero-order chi connectivity index (χ0) is 20.0. The maximum Gasteiger partial charge on any atom is 0.251 e. The van der Waals surface area contributed by atoms with Gasteiger partial charge >= 0.3 is 0 Å². The Kier molecular flexibility index (Phi) is 6.77. The highest BCUT2D eigenvalue weighted by Gasteiger charge is 2.30. The van der Waals surface area contributed by atoms with E-state index in [0.717, 1.165) is 30.9 Å². The number of amides is 1. The van der Waals surface area contributed by atoms with Crippen molar-refractivity contribution in [2.24, 2.45) is 11.3 Å². The van der Waals surface area contributed by atoms with E-state index in [9.17, 15) is 4.79 Å². The van der Waals surface area contributed by atoms with Crippen LogP contribution in [0.1, 0.15) is 62.4 Å². The summed E-state index contributed by atoms with van der Waals surface area (Å²) in [6, 6.07) is 18.1. The molecule has 0 spiro atoms. The molecule has 2 aromatic carbocycles. The Morgan fingerprint density at radius 2 is 1.61 bits per heavy atom. The van der Waals surface area contributed by atoms with Gasteiger partial charge in [0.25, 0.3) is 5.91 Å². The largest absolute Gasteiger partial charge is 0.493 e. The topological polar surface area (TPSA) is 38.3 Å². The average Bonchev–Trinajstić information content (AvgIpc) is 2.69. The summed E-state index contributed by atoms with van der Waals surface area (Å²) in [4.78, 5) is 12.5. The van der Waals surface area contributed by atoms with Crippen molar-refractivity contribution in [3.8, 4) is 5.75 Å². The summed E-state index contributed by atoms with van der Waals surface area (Å²) in [6.45, 7) is 7.59. The molecule has 0 bridgehead atoms. The third kappa shape index (κ3) is 5.85. The molecule has 1 fully saturated rings. The van der Waals surface area contributed by atoms with Crippen LogP contribution in [-0.2, 0) is 6.42 Å². The summed E-state index contributed by atoms with van der Waals surface area (Å²) >= 11 is 0. The molecule has 1 aliphatic rings. The number of hydrogen-bond acceptors (Lipinski definition) is 2. The zero-order valence-corrected chi connectivity index (χ0v) is 17.4. The molecule has 1 aliphatic carbocycles. The lowest BCUT2D eigenvalue weighted by Gasteiger charge is -2.37. The zero-order valence-electron chi connectivity index (χ0n) is 17.4. The highest BCUT2D eigenvalue weighted by Crippen LogP contribution is 2.37. The van der Waals surface area contributed by atoms with Crippen LogP contribution in [0.2, 0.25) is 0 Å². The number of nitrogens with one attached hydrogen (secondary N) is 1. The molecule has 1 amide bonds. The summed E-state index contributed by atoms with van der Waals surface area (Å²) in [5, 5.41) is 3.21. The van der Waals surface area contributed by atoms with Gasteiger partial charge in [0.15, 0.2) is 0 Å². The Morgan fingerprint density at radius 3 is 2.21 bits per heavy atom. The quantitative estimate of drug-likeness (QED) is 0.705. The van der Waals surface area contributed by atoms with Crippen LogP contribution >= 0.6 is 0 Å². The Balaban J connectivity index is 1.44. The summed E-state index contributed by atoms with van der Waals surface area (Å²) < 4.78 is 5.81. The van der Waals surface area contributed by atoms with Crippen LogP contribution in [0, 0.1) is 11.3 Å². The lowest BCUT2D eigenvalue weighted by atomic mass is 9.71. The van der Waals surface area contributed by atoms with Gasteiger partial charge in [-0.2, -0.15) is 0 Å². The molecule has 0 heterocycles. The van der Waals surface area contributed by atoms with E-state index in [2.05, 4.69) is 38.2 Å². The molecule has 0 aliphatic heterocycles. The molecule has 0 unspecified atom stereocenters. The fraction of sp³-hybridized carbons (Fsp3) is 0.480. The Morgan fingerprint density at radius 1 is 0.964 bits per heavy atom. The number of rotatable bonds is 6. The molecular weight excluding hydrogens is 346 g/mol. The van der Waals surface area contributed by atoms with Crippen molar-refractivity contribution < 1.29 is 9.53 Å². The molecule has 2 aromatic rings. The Labute approximate surface area is 169 Å². The number of benzene rings is 2. The van der Waals surface area contributed by atoms with Crippen LogP contribution in [0.5, 0.6) is 5.75 Å². The number of ether oxygens (including phenoxy) is 1. The number of hydrogen-bond donors (Lipinski definition) is 1. The summed E-state index contributed by atoms with van der Waals surface area (Å²) in [7, 11) is 0. The van der Waals surface area contributed by atoms with Crippen LogP contribution in [0.15, 0.2) is 54.6 Å². The molecule has 3 rings (SSSR count). The van der Waals surface area contributed by atoms with Gasteiger partial charge in [-0.25, -0.2) is 0 Å². The molecule has 28 heavy (non-hydrogen) atoms. The number of carbonyl (C=O) groups excluding carboxylic acids is 1. The third-order valence-electron chi connectivity index (χ3n) is 5.91. The minimum Gasteiger partial charge on any atom is -0.493 e. The fourth-order valence-electron chi connectivity index (χ4n) is 4.01. The van der Waals surface area contributed by atoms with E-state index < -0.39 is 0 Å². The molecule has 1 N–H and O–H groups in total. The van der Waals surface area contributed by atoms with Gasteiger partial charge in [0.2, 0.25) is 0 Å². The summed E-state index contributed by atoms with van der Waals surface area (Å²) in [6.07, 6.45) is 5.42. The van der Waals surface area contributed by atoms with E-state index in [-0.39, 0.29) is 5.91 Å². The van der Waals surface area contributed by atoms with Crippen LogP contribution in [0.4, 0.5) is 0 Å². The van der Waals surface area contributed by atoms with Crippen molar-refractivity contribution in [3.63, 3.8) is 0 Å². The molecule has 0 radical (unpaired) electrons. The molecule has 150 valence electrons. The first-order valence-electron chi connectivity index (χ1n) is 10.5. The third-order valence-corrected chi connectivity index (χ3v) is 5.91. The van der Waals surface area contributed by atoms with E-state index in [1.165, 1.54) is 18.4 Å². The minimum absolute atomic E-state index is 0.0232. The van der Waals surface area contributed by atoms with Gasteiger partial charge in [0.05, 0.1) is 6.61 Å². The smallest absolute Gasteiger partial charge is 0.251 e. The highest BCUT2D eigenvalue weighted by molar-refractivity contribution is 5.94. The lowest BCUT2D eigenvalue weighted by Crippen LogP contribution is -2.39. The van der Waals surface area contributed by atoms with Crippen LogP contribution in [0.3, 0.4) is 0 Å². The second kappa shape index (κ2) is 9.27. The normalized spacial score (nSPS) is 19.8. The fourth-order valence-corrected chi connectivity index (χ4v) is 4.01. The van der Waals surface area contributed by atoms with Crippen LogP contribution in [0.25, 0.3) is 0 Å². The SMILES string of the molecule is CC(C)(C)C1CCC(NC(=O)c2ccc(OCCc3ccccc3)cc2)CC1. The average molecular weight is 380 g/mol. The van der Waals surface area contributed by atoms with E-state index in [4.69, 9.17) is 4.74 Å². The summed E-state index contributed by atoms with van der Waals surface area (Å²) in [5.41, 5.74) is 2.33. The Bertz CT molecular complexity index is 738. The maximum atomic E-state index is 12.5. The van der Waals surface area contributed by atoms with Gasteiger partial charge in [0, 0.05) is 18.0 Å². The van der Waals surface area contributed by atoms with E-state index in [1.54, 1.807) is 0 Å². The molecular formula is C25H33NO2. The van der Waals surface area contributed by atoms with Crippen LogP contribution in [-0.4, -0.2) is 18.6 Å². The Hall–Kier alpha value is -2.29. The first kappa shape index (κ1) is 20.4. The predicted octanol–water partition coefficient (Wildman–Crippen LogP) is 5.64. The second-order valence-electron chi connectivity index (χ2n) is 9.00. The van der Waals surface area contributed by atoms with Crippen molar-refractivity contribution >= 4 is 5.91 Å². The molecule has 0 saturated heterocycles. The molecule has 1 saturated carbocycles. The number of carbonyl (C=O) groups is 1. The van der Waals surface area contributed by atoms with Gasteiger partial charge < -0.3 is 10.1 Å². The van der Waals surface area contributed by atoms with Crippen molar-refractivity contribution in [3.05, 3.63) is 65.7 Å². The molecule has 0 atom stereocenters. The van der Waals surface area contributed by atoms with Gasteiger partial charge in [-0.1, -0.05) is 51.1 Å². The molecule has 0 aromatic heterocycles. The predicted molar refractivity (Wildman–Crippen MR) is 115 cm³/mol. The van der Waals surface area contributed by atoms with Gasteiger partial charge in [-0.15, -0.1) is 0 Å². The standard InChI is InChI=1S/C25H33NO2/c1-25(2,3)21-11-13-22(14-12-21)26-24(27)20-9-15-23(16-10-20)28-18-17-19-7-5-4-6-8-19/h4-10,15-16,21-22H,11-14,17-18H2,1-3H3,(H,26,27). The van der Waals surface area contributed by atoms with E-state index in [1.807, 2.05) is 42.5 Å². The second-order valence-corrected chi connectivity index (χ2v) is 9.00. The summed E-state index contributed by atoms with van der Waals surface area (Å²) in [5.74, 6) is 1.58. The highest BCUT2D eigenvalue weighted by atomic mass is 16.5. The van der Waals surface area contributed by atoms with Crippen LogP contribution < -0.4 is 10.1 Å². The molecule has 3 nitrogen and oxygen atoms in total. The maximum absolute atomic E-state index is 12.5.